The van der Waals surface area contributed by atoms with Crippen LogP contribution in [-0.2, 0) is 6.42 Å². The van der Waals surface area contributed by atoms with Crippen molar-refractivity contribution in [2.24, 2.45) is 0 Å². The van der Waals surface area contributed by atoms with E-state index in [0.717, 1.165) is 5.56 Å². The number of phenols is 1. The average molecular weight is 302 g/mol. The minimum absolute atomic E-state index is 0.0429. The molecule has 0 unspecified atom stereocenters. The topological polar surface area (TPSA) is 113 Å². The van der Waals surface area contributed by atoms with E-state index in [0.29, 0.717) is 18.7 Å². The van der Waals surface area contributed by atoms with Gasteiger partial charge in [0.1, 0.15) is 11.3 Å². The average Bonchev–Trinajstić information content (AvgIpc) is 2.49. The van der Waals surface area contributed by atoms with Gasteiger partial charge in [-0.05, 0) is 30.2 Å². The molecule has 0 bridgehead atoms. The zero-order valence-electron chi connectivity index (χ0n) is 11.5. The zero-order valence-corrected chi connectivity index (χ0v) is 11.5. The van der Waals surface area contributed by atoms with Crippen molar-refractivity contribution < 1.29 is 19.9 Å². The smallest absolute Gasteiger partial charge is 0.339 e. The maximum absolute atomic E-state index is 10.9. The van der Waals surface area contributed by atoms with Crippen LogP contribution >= 0.6 is 0 Å². The number of non-ortho nitro benzene ring substituents is 1. The molecule has 114 valence electrons. The van der Waals surface area contributed by atoms with E-state index in [1.54, 1.807) is 18.2 Å². The van der Waals surface area contributed by atoms with Crippen molar-refractivity contribution in [3.8, 4) is 5.75 Å². The summed E-state index contributed by atoms with van der Waals surface area (Å²) in [5, 5.41) is 31.9. The number of carboxylic acids is 1. The summed E-state index contributed by atoms with van der Waals surface area (Å²) in [6.07, 6.45) is 0.626. The molecule has 2 aromatic carbocycles. The van der Waals surface area contributed by atoms with E-state index in [2.05, 4.69) is 5.32 Å². The summed E-state index contributed by atoms with van der Waals surface area (Å²) in [4.78, 5) is 21.0. The first-order valence-electron chi connectivity index (χ1n) is 6.51. The number of anilines is 1. The fourth-order valence-electron chi connectivity index (χ4n) is 1.95. The van der Waals surface area contributed by atoms with E-state index in [-0.39, 0.29) is 17.0 Å². The van der Waals surface area contributed by atoms with Gasteiger partial charge < -0.3 is 15.5 Å². The molecular formula is C15H14N2O5. The number of rotatable bonds is 6. The van der Waals surface area contributed by atoms with Crippen LogP contribution in [0, 0.1) is 10.1 Å². The lowest BCUT2D eigenvalue weighted by molar-refractivity contribution is -0.384. The lowest BCUT2D eigenvalue weighted by Gasteiger charge is -2.08. The van der Waals surface area contributed by atoms with Crippen LogP contribution < -0.4 is 5.32 Å². The highest BCUT2D eigenvalue weighted by atomic mass is 16.6. The van der Waals surface area contributed by atoms with Crippen molar-refractivity contribution in [1.29, 1.82) is 0 Å². The fourth-order valence-corrected chi connectivity index (χ4v) is 1.95. The molecule has 0 amide bonds. The molecular weight excluding hydrogens is 288 g/mol. The normalized spacial score (nSPS) is 10.2. The number of carbonyl (C=O) groups is 1. The molecule has 0 aliphatic carbocycles. The van der Waals surface area contributed by atoms with Crippen LogP contribution in [-0.4, -0.2) is 27.7 Å². The number of aromatic hydroxyl groups is 1. The van der Waals surface area contributed by atoms with Crippen molar-refractivity contribution in [1.82, 2.24) is 0 Å². The highest BCUT2D eigenvalue weighted by Gasteiger charge is 2.10. The molecule has 0 heterocycles. The SMILES string of the molecule is O=C(O)c1cc(NCCc2ccc([N+](=O)[O-])cc2)ccc1O. The van der Waals surface area contributed by atoms with Gasteiger partial charge in [-0.2, -0.15) is 0 Å². The van der Waals surface area contributed by atoms with Gasteiger partial charge in [-0.1, -0.05) is 12.1 Å². The molecule has 0 saturated carbocycles. The number of nitrogens with one attached hydrogen (secondary N) is 1. The van der Waals surface area contributed by atoms with Gasteiger partial charge in [0, 0.05) is 24.4 Å². The first-order chi connectivity index (χ1) is 10.5. The summed E-state index contributed by atoms with van der Waals surface area (Å²) in [6, 6.07) is 10.5. The van der Waals surface area contributed by atoms with Crippen molar-refractivity contribution in [2.75, 3.05) is 11.9 Å². The third-order valence-corrected chi connectivity index (χ3v) is 3.12. The van der Waals surface area contributed by atoms with E-state index < -0.39 is 10.9 Å². The maximum Gasteiger partial charge on any atom is 0.339 e. The first-order valence-corrected chi connectivity index (χ1v) is 6.51. The lowest BCUT2D eigenvalue weighted by atomic mass is 10.1. The standard InChI is InChI=1S/C15H14N2O5/c18-14-6-3-11(9-13(14)15(19)20)16-8-7-10-1-4-12(5-2-10)17(21)22/h1-6,9,16,18H,7-8H2,(H,19,20). The number of nitro benzene ring substituents is 1. The number of aromatic carboxylic acids is 1. The molecule has 22 heavy (non-hydrogen) atoms. The largest absolute Gasteiger partial charge is 0.507 e. The molecule has 7 nitrogen and oxygen atoms in total. The number of hydrogen-bond acceptors (Lipinski definition) is 5. The molecule has 3 N–H and O–H groups in total. The molecule has 0 atom stereocenters. The van der Waals surface area contributed by atoms with Gasteiger partial charge in [0.25, 0.3) is 5.69 Å². The minimum Gasteiger partial charge on any atom is -0.507 e. The van der Waals surface area contributed by atoms with E-state index in [9.17, 15) is 20.0 Å². The van der Waals surface area contributed by atoms with E-state index in [1.807, 2.05) is 0 Å². The monoisotopic (exact) mass is 302 g/mol. The van der Waals surface area contributed by atoms with Crippen molar-refractivity contribution in [3.05, 3.63) is 63.7 Å². The molecule has 0 aliphatic heterocycles. The summed E-state index contributed by atoms with van der Waals surface area (Å²) < 4.78 is 0. The van der Waals surface area contributed by atoms with Gasteiger partial charge in [0.05, 0.1) is 4.92 Å². The van der Waals surface area contributed by atoms with Crippen LogP contribution in [0.4, 0.5) is 11.4 Å². The van der Waals surface area contributed by atoms with Crippen LogP contribution in [0.3, 0.4) is 0 Å². The summed E-state index contributed by atoms with van der Waals surface area (Å²) >= 11 is 0. The lowest BCUT2D eigenvalue weighted by Crippen LogP contribution is -2.06. The Bertz CT molecular complexity index is 698. The summed E-state index contributed by atoms with van der Waals surface area (Å²) in [6.45, 7) is 0.529. The number of hydrogen-bond donors (Lipinski definition) is 3. The summed E-state index contributed by atoms with van der Waals surface area (Å²) in [5.74, 6) is -1.48. The summed E-state index contributed by atoms with van der Waals surface area (Å²) in [7, 11) is 0. The molecule has 2 rings (SSSR count). The number of nitrogens with zero attached hydrogens (tertiary/aromatic N) is 1. The Balaban J connectivity index is 1.95. The van der Waals surface area contributed by atoms with Crippen LogP contribution in [0.5, 0.6) is 5.75 Å². The van der Waals surface area contributed by atoms with Gasteiger partial charge in [-0.3, -0.25) is 10.1 Å². The molecule has 0 aromatic heterocycles. The third kappa shape index (κ3) is 3.72. The predicted molar refractivity (Wildman–Crippen MR) is 80.4 cm³/mol. The molecule has 0 fully saturated rings. The maximum atomic E-state index is 10.9. The van der Waals surface area contributed by atoms with Gasteiger partial charge >= 0.3 is 5.97 Å². The van der Waals surface area contributed by atoms with Gasteiger partial charge in [0.2, 0.25) is 0 Å². The quantitative estimate of drug-likeness (QED) is 0.429. The molecule has 0 aliphatic rings. The Morgan fingerprint density at radius 1 is 1.18 bits per heavy atom. The molecule has 2 aromatic rings. The van der Waals surface area contributed by atoms with Crippen LogP contribution in [0.25, 0.3) is 0 Å². The highest BCUT2D eigenvalue weighted by Crippen LogP contribution is 2.21. The fraction of sp³-hybridized carbons (Fsp3) is 0.133. The Morgan fingerprint density at radius 2 is 1.86 bits per heavy atom. The van der Waals surface area contributed by atoms with Crippen LogP contribution in [0.15, 0.2) is 42.5 Å². The second-order valence-electron chi connectivity index (χ2n) is 4.64. The van der Waals surface area contributed by atoms with E-state index >= 15 is 0 Å². The Labute approximate surface area is 126 Å². The van der Waals surface area contributed by atoms with E-state index in [1.165, 1.54) is 24.3 Å². The Hall–Kier alpha value is -3.09. The molecule has 7 heteroatoms. The van der Waals surface area contributed by atoms with Gasteiger partial charge in [0.15, 0.2) is 0 Å². The van der Waals surface area contributed by atoms with E-state index in [4.69, 9.17) is 5.11 Å². The first kappa shape index (κ1) is 15.3. The highest BCUT2D eigenvalue weighted by molar-refractivity contribution is 5.91. The van der Waals surface area contributed by atoms with Gasteiger partial charge in [-0.15, -0.1) is 0 Å². The van der Waals surface area contributed by atoms with Crippen LogP contribution in [0.1, 0.15) is 15.9 Å². The zero-order chi connectivity index (χ0) is 16.1. The minimum atomic E-state index is -1.20. The van der Waals surface area contributed by atoms with Gasteiger partial charge in [-0.25, -0.2) is 4.79 Å². The van der Waals surface area contributed by atoms with Crippen LogP contribution in [0.2, 0.25) is 0 Å². The predicted octanol–water partition coefficient (Wildman–Crippen LogP) is 2.65. The second-order valence-corrected chi connectivity index (χ2v) is 4.64. The van der Waals surface area contributed by atoms with Crippen molar-refractivity contribution in [2.45, 2.75) is 6.42 Å². The summed E-state index contributed by atoms with van der Waals surface area (Å²) in [5.41, 5.74) is 1.38. The Morgan fingerprint density at radius 3 is 2.45 bits per heavy atom. The molecule has 0 saturated heterocycles. The number of benzene rings is 2. The number of carboxylic acid groups (broad SMARTS) is 1. The Kier molecular flexibility index (Phi) is 4.57. The van der Waals surface area contributed by atoms with Crippen molar-refractivity contribution >= 4 is 17.3 Å². The molecule has 0 spiro atoms. The number of nitro groups is 1. The third-order valence-electron chi connectivity index (χ3n) is 3.12. The molecule has 0 radical (unpaired) electrons. The van der Waals surface area contributed by atoms with Crippen molar-refractivity contribution in [3.63, 3.8) is 0 Å². The second kappa shape index (κ2) is 6.57.